The summed E-state index contributed by atoms with van der Waals surface area (Å²) in [7, 11) is 0. The van der Waals surface area contributed by atoms with Gasteiger partial charge in [0, 0.05) is 36.0 Å². The lowest BCUT2D eigenvalue weighted by Crippen LogP contribution is -2.25. The summed E-state index contributed by atoms with van der Waals surface area (Å²) in [4.78, 5) is 0. The molecule has 0 N–H and O–H groups in total. The summed E-state index contributed by atoms with van der Waals surface area (Å²) in [5, 5.41) is 0. The summed E-state index contributed by atoms with van der Waals surface area (Å²) in [5.41, 5.74) is 0. The highest BCUT2D eigenvalue weighted by Gasteiger charge is 2.14. The minimum atomic E-state index is 1.02. The quantitative estimate of drug-likeness (QED) is 0.501. The third kappa shape index (κ3) is 2.42. The Morgan fingerprint density at radius 2 is 2.00 bits per heavy atom. The molecule has 0 saturated carbocycles. The van der Waals surface area contributed by atoms with E-state index >= 15 is 0 Å². The zero-order valence-corrected chi connectivity index (χ0v) is 8.10. The Balaban J connectivity index is 2.18. The average Bonchev–Trinajstić information content (AvgIpc) is 1.90. The van der Waals surface area contributed by atoms with Crippen LogP contribution in [0.15, 0.2) is 0 Å². The maximum atomic E-state index is 2.42. The van der Waals surface area contributed by atoms with E-state index in [2.05, 4.69) is 32.9 Å². The van der Waals surface area contributed by atoms with Gasteiger partial charge in [-0.15, -0.1) is 0 Å². The standard InChI is InChI=1S/C7H14IN/c1-2-7-3-5-9(8)6-4-7/h7H,2-6H2,1H3. The van der Waals surface area contributed by atoms with E-state index in [1.54, 1.807) is 0 Å². The molecule has 1 heterocycles. The highest BCUT2D eigenvalue weighted by Crippen LogP contribution is 2.21. The van der Waals surface area contributed by atoms with E-state index in [-0.39, 0.29) is 0 Å². The van der Waals surface area contributed by atoms with Gasteiger partial charge in [-0.2, -0.15) is 0 Å². The van der Waals surface area contributed by atoms with Crippen LogP contribution >= 0.6 is 22.9 Å². The predicted molar refractivity (Wildman–Crippen MR) is 48.6 cm³/mol. The van der Waals surface area contributed by atoms with Gasteiger partial charge in [-0.05, 0) is 18.8 Å². The number of nitrogens with zero attached hydrogens (tertiary/aromatic N) is 1. The second kappa shape index (κ2) is 3.76. The van der Waals surface area contributed by atoms with Gasteiger partial charge in [0.25, 0.3) is 0 Å². The van der Waals surface area contributed by atoms with Crippen LogP contribution in [0.3, 0.4) is 0 Å². The van der Waals surface area contributed by atoms with Gasteiger partial charge >= 0.3 is 0 Å². The largest absolute Gasteiger partial charge is 0.248 e. The monoisotopic (exact) mass is 239 g/mol. The molecule has 0 aromatic heterocycles. The van der Waals surface area contributed by atoms with Gasteiger partial charge in [0.05, 0.1) is 0 Å². The number of hydrogen-bond acceptors (Lipinski definition) is 1. The fourth-order valence-corrected chi connectivity index (χ4v) is 1.87. The molecular formula is C7H14IN. The van der Waals surface area contributed by atoms with Gasteiger partial charge in [-0.3, -0.25) is 0 Å². The lowest BCUT2D eigenvalue weighted by atomic mass is 9.96. The lowest BCUT2D eigenvalue weighted by molar-refractivity contribution is 0.302. The molecule has 0 bridgehead atoms. The smallest absolute Gasteiger partial charge is 0.0201 e. The molecule has 0 unspecified atom stereocenters. The molecule has 54 valence electrons. The van der Waals surface area contributed by atoms with Crippen LogP contribution in [0.1, 0.15) is 26.2 Å². The van der Waals surface area contributed by atoms with E-state index in [1.807, 2.05) is 0 Å². The molecule has 1 saturated heterocycles. The molecule has 0 amide bonds. The summed E-state index contributed by atoms with van der Waals surface area (Å²) in [6, 6.07) is 0. The molecule has 0 aromatic carbocycles. The van der Waals surface area contributed by atoms with E-state index in [4.69, 9.17) is 0 Å². The number of hydrogen-bond donors (Lipinski definition) is 0. The fourth-order valence-electron chi connectivity index (χ4n) is 1.31. The van der Waals surface area contributed by atoms with Crippen molar-refractivity contribution < 1.29 is 0 Å². The number of halogens is 1. The minimum Gasteiger partial charge on any atom is -0.248 e. The molecule has 0 spiro atoms. The molecule has 0 atom stereocenters. The van der Waals surface area contributed by atoms with Crippen LogP contribution in [0.25, 0.3) is 0 Å². The summed E-state index contributed by atoms with van der Waals surface area (Å²) in [6.07, 6.45) is 4.21. The molecule has 0 radical (unpaired) electrons. The highest BCUT2D eigenvalue weighted by atomic mass is 127. The van der Waals surface area contributed by atoms with Crippen LogP contribution in [0.4, 0.5) is 0 Å². The van der Waals surface area contributed by atoms with Crippen molar-refractivity contribution in [3.8, 4) is 0 Å². The first kappa shape index (κ1) is 7.79. The van der Waals surface area contributed by atoms with E-state index in [1.165, 1.54) is 32.4 Å². The Hall–Kier alpha value is 0.690. The number of piperidine rings is 1. The third-order valence-electron chi connectivity index (χ3n) is 2.14. The van der Waals surface area contributed by atoms with Crippen molar-refractivity contribution in [1.82, 2.24) is 3.11 Å². The SMILES string of the molecule is CCC1CCN(I)CC1. The molecular weight excluding hydrogens is 225 g/mol. The maximum absolute atomic E-state index is 2.42. The van der Waals surface area contributed by atoms with Gasteiger partial charge in [0.1, 0.15) is 0 Å². The summed E-state index contributed by atoms with van der Waals surface area (Å²) < 4.78 is 2.39. The maximum Gasteiger partial charge on any atom is 0.0201 e. The van der Waals surface area contributed by atoms with Crippen molar-refractivity contribution in [3.05, 3.63) is 0 Å². The summed E-state index contributed by atoms with van der Waals surface area (Å²) >= 11 is 2.42. The first-order chi connectivity index (χ1) is 4.33. The van der Waals surface area contributed by atoms with E-state index < -0.39 is 0 Å². The van der Waals surface area contributed by atoms with Crippen LogP contribution in [0.2, 0.25) is 0 Å². The Kier molecular flexibility index (Phi) is 3.26. The Morgan fingerprint density at radius 3 is 2.44 bits per heavy atom. The van der Waals surface area contributed by atoms with Crippen LogP contribution < -0.4 is 0 Å². The van der Waals surface area contributed by atoms with Gasteiger partial charge in [0.15, 0.2) is 0 Å². The molecule has 1 aliphatic heterocycles. The first-order valence-electron chi connectivity index (χ1n) is 3.73. The third-order valence-corrected chi connectivity index (χ3v) is 3.10. The molecule has 1 aliphatic rings. The number of rotatable bonds is 1. The molecule has 2 heteroatoms. The molecule has 1 rings (SSSR count). The van der Waals surface area contributed by atoms with Gasteiger partial charge < -0.3 is 0 Å². The minimum absolute atomic E-state index is 1.02. The highest BCUT2D eigenvalue weighted by molar-refractivity contribution is 14.1. The summed E-state index contributed by atoms with van der Waals surface area (Å²) in [6.45, 7) is 4.91. The normalized spacial score (nSPS) is 24.7. The molecule has 9 heavy (non-hydrogen) atoms. The van der Waals surface area contributed by atoms with Crippen LogP contribution in [0, 0.1) is 5.92 Å². The molecule has 0 aromatic rings. The van der Waals surface area contributed by atoms with Crippen LogP contribution in [-0.2, 0) is 0 Å². The van der Waals surface area contributed by atoms with Crippen LogP contribution in [0.5, 0.6) is 0 Å². The van der Waals surface area contributed by atoms with E-state index in [0.717, 1.165) is 5.92 Å². The predicted octanol–water partition coefficient (Wildman–Crippen LogP) is 2.46. The fraction of sp³-hybridized carbons (Fsp3) is 1.00. The molecule has 0 aliphatic carbocycles. The van der Waals surface area contributed by atoms with Crippen LogP contribution in [-0.4, -0.2) is 16.2 Å². The lowest BCUT2D eigenvalue weighted by Gasteiger charge is -2.26. The average molecular weight is 239 g/mol. The van der Waals surface area contributed by atoms with Crippen molar-refractivity contribution in [2.75, 3.05) is 13.1 Å². The molecule has 1 fully saturated rings. The molecule has 1 nitrogen and oxygen atoms in total. The van der Waals surface area contributed by atoms with E-state index in [0.29, 0.717) is 0 Å². The van der Waals surface area contributed by atoms with Crippen molar-refractivity contribution in [2.24, 2.45) is 5.92 Å². The topological polar surface area (TPSA) is 3.24 Å². The summed E-state index contributed by atoms with van der Waals surface area (Å²) in [5.74, 6) is 1.02. The van der Waals surface area contributed by atoms with Crippen molar-refractivity contribution in [3.63, 3.8) is 0 Å². The van der Waals surface area contributed by atoms with Gasteiger partial charge in [-0.25, -0.2) is 3.11 Å². The second-order valence-corrected chi connectivity index (χ2v) is 4.13. The zero-order chi connectivity index (χ0) is 6.69. The van der Waals surface area contributed by atoms with Crippen molar-refractivity contribution >= 4 is 22.9 Å². The van der Waals surface area contributed by atoms with Gasteiger partial charge in [0.2, 0.25) is 0 Å². The van der Waals surface area contributed by atoms with E-state index in [9.17, 15) is 0 Å². The Bertz CT molecular complexity index is 77.0. The first-order valence-corrected chi connectivity index (χ1v) is 4.70. The zero-order valence-electron chi connectivity index (χ0n) is 5.94. The van der Waals surface area contributed by atoms with Gasteiger partial charge in [-0.1, -0.05) is 13.3 Å². The Labute approximate surface area is 71.3 Å². The Morgan fingerprint density at radius 1 is 1.44 bits per heavy atom. The van der Waals surface area contributed by atoms with Crippen molar-refractivity contribution in [1.29, 1.82) is 0 Å². The second-order valence-electron chi connectivity index (χ2n) is 2.76. The van der Waals surface area contributed by atoms with Crippen molar-refractivity contribution in [2.45, 2.75) is 26.2 Å².